The van der Waals surface area contributed by atoms with Crippen molar-refractivity contribution in [3.05, 3.63) is 57.6 Å². The van der Waals surface area contributed by atoms with Gasteiger partial charge in [0.05, 0.1) is 12.1 Å². The molecular formula is C20H21ClO4. The predicted molar refractivity (Wildman–Crippen MR) is 96.7 cm³/mol. The number of methoxy groups -OCH3 is 1. The second-order valence-electron chi connectivity index (χ2n) is 6.31. The van der Waals surface area contributed by atoms with Gasteiger partial charge in [0.25, 0.3) is 0 Å². The van der Waals surface area contributed by atoms with Crippen molar-refractivity contribution >= 4 is 17.8 Å². The second kappa shape index (κ2) is 7.36. The van der Waals surface area contributed by atoms with E-state index in [9.17, 15) is 4.79 Å². The van der Waals surface area contributed by atoms with Crippen molar-refractivity contribution in [3.63, 3.8) is 0 Å². The highest BCUT2D eigenvalue weighted by Crippen LogP contribution is 2.44. The molecule has 1 aliphatic carbocycles. The Morgan fingerprint density at radius 3 is 2.56 bits per heavy atom. The molecule has 2 aromatic rings. The lowest BCUT2D eigenvalue weighted by molar-refractivity contribution is 0.120. The van der Waals surface area contributed by atoms with E-state index < -0.39 is 6.16 Å². The topological polar surface area (TPSA) is 44.8 Å². The summed E-state index contributed by atoms with van der Waals surface area (Å²) in [6, 6.07) is 9.52. The van der Waals surface area contributed by atoms with Gasteiger partial charge in [-0.1, -0.05) is 23.7 Å². The molecule has 3 rings (SSSR count). The van der Waals surface area contributed by atoms with Crippen LogP contribution >= 0.6 is 11.6 Å². The van der Waals surface area contributed by atoms with Crippen LogP contribution in [0.1, 0.15) is 41.0 Å². The van der Waals surface area contributed by atoms with Crippen molar-refractivity contribution < 1.29 is 19.0 Å². The number of halogens is 1. The van der Waals surface area contributed by atoms with Crippen molar-refractivity contribution in [1.82, 2.24) is 0 Å². The predicted octanol–water partition coefficient (Wildman–Crippen LogP) is 5.56. The molecule has 4 nitrogen and oxygen atoms in total. The van der Waals surface area contributed by atoms with Crippen LogP contribution in [-0.2, 0) is 11.3 Å². The fraction of sp³-hybridized carbons (Fsp3) is 0.350. The minimum absolute atomic E-state index is 0.279. The smallest absolute Gasteiger partial charge is 0.487 e. The van der Waals surface area contributed by atoms with E-state index in [1.807, 2.05) is 32.0 Å². The molecule has 0 N–H and O–H groups in total. The Balaban J connectivity index is 1.88. The van der Waals surface area contributed by atoms with Crippen LogP contribution in [0.5, 0.6) is 11.5 Å². The van der Waals surface area contributed by atoms with E-state index in [1.54, 1.807) is 6.07 Å². The molecular weight excluding hydrogens is 340 g/mol. The third-order valence-electron chi connectivity index (χ3n) is 4.47. The minimum Gasteiger partial charge on any atom is -0.487 e. The van der Waals surface area contributed by atoms with Gasteiger partial charge in [0, 0.05) is 5.56 Å². The highest BCUT2D eigenvalue weighted by molar-refractivity contribution is 6.32. The lowest BCUT2D eigenvalue weighted by Crippen LogP contribution is -2.11. The zero-order valence-electron chi connectivity index (χ0n) is 14.6. The highest BCUT2D eigenvalue weighted by Gasteiger charge is 2.28. The Morgan fingerprint density at radius 1 is 1.16 bits per heavy atom. The summed E-state index contributed by atoms with van der Waals surface area (Å²) in [7, 11) is 1.29. The number of hydrogen-bond donors (Lipinski definition) is 0. The Labute approximate surface area is 152 Å². The quantitative estimate of drug-likeness (QED) is 0.517. The molecule has 0 radical (unpaired) electrons. The van der Waals surface area contributed by atoms with Gasteiger partial charge in [-0.2, -0.15) is 0 Å². The highest BCUT2D eigenvalue weighted by atomic mass is 35.5. The van der Waals surface area contributed by atoms with Crippen LogP contribution in [0.4, 0.5) is 4.79 Å². The number of carbonyl (C=O) groups is 1. The summed E-state index contributed by atoms with van der Waals surface area (Å²) >= 11 is 6.30. The Bertz CT molecular complexity index is 797. The van der Waals surface area contributed by atoms with E-state index in [4.69, 9.17) is 21.1 Å². The van der Waals surface area contributed by atoms with Gasteiger partial charge in [-0.25, -0.2) is 4.79 Å². The molecule has 0 bridgehead atoms. The molecule has 0 saturated heterocycles. The summed E-state index contributed by atoms with van der Waals surface area (Å²) in [6.07, 6.45) is 1.54. The van der Waals surface area contributed by atoms with Crippen LogP contribution in [0.3, 0.4) is 0 Å². The summed E-state index contributed by atoms with van der Waals surface area (Å²) in [4.78, 5) is 11.5. The molecule has 0 atom stereocenters. The third-order valence-corrected chi connectivity index (χ3v) is 4.76. The molecule has 0 spiro atoms. The first kappa shape index (κ1) is 17.6. The molecule has 0 heterocycles. The molecule has 25 heavy (non-hydrogen) atoms. The molecule has 1 saturated carbocycles. The van der Waals surface area contributed by atoms with Crippen molar-refractivity contribution in [2.45, 2.75) is 39.2 Å². The monoisotopic (exact) mass is 360 g/mol. The molecule has 0 aromatic heterocycles. The lowest BCUT2D eigenvalue weighted by Gasteiger charge is -2.16. The average Bonchev–Trinajstić information content (AvgIpc) is 3.42. The molecule has 132 valence electrons. The fourth-order valence-corrected chi connectivity index (χ4v) is 3.03. The zero-order chi connectivity index (χ0) is 18.0. The van der Waals surface area contributed by atoms with Gasteiger partial charge in [0.2, 0.25) is 0 Å². The van der Waals surface area contributed by atoms with Crippen LogP contribution in [0.2, 0.25) is 5.02 Å². The van der Waals surface area contributed by atoms with Crippen LogP contribution in [0.25, 0.3) is 0 Å². The molecule has 0 amide bonds. The van der Waals surface area contributed by atoms with E-state index in [-0.39, 0.29) is 6.61 Å². The Hall–Kier alpha value is -2.20. The van der Waals surface area contributed by atoms with Gasteiger partial charge >= 0.3 is 6.16 Å². The van der Waals surface area contributed by atoms with Crippen LogP contribution in [0.15, 0.2) is 30.3 Å². The van der Waals surface area contributed by atoms with E-state index in [0.29, 0.717) is 22.4 Å². The molecule has 1 fully saturated rings. The first-order valence-corrected chi connectivity index (χ1v) is 8.64. The maximum Gasteiger partial charge on any atom is 0.513 e. The van der Waals surface area contributed by atoms with Crippen molar-refractivity contribution in [2.75, 3.05) is 7.11 Å². The van der Waals surface area contributed by atoms with Gasteiger partial charge < -0.3 is 14.2 Å². The van der Waals surface area contributed by atoms with Gasteiger partial charge in [-0.3, -0.25) is 0 Å². The van der Waals surface area contributed by atoms with Crippen molar-refractivity contribution in [3.8, 4) is 11.5 Å². The summed E-state index contributed by atoms with van der Waals surface area (Å²) < 4.78 is 15.9. The molecule has 0 aliphatic heterocycles. The fourth-order valence-electron chi connectivity index (χ4n) is 2.76. The summed E-state index contributed by atoms with van der Waals surface area (Å²) in [5.74, 6) is 1.59. The standard InChI is InChI=1S/C20H21ClO4/c1-12-9-17(21)19(10-13(12)2)24-11-16-15(14-7-8-14)5-4-6-18(16)25-20(22)23-3/h4-6,9-10,14H,7-8,11H2,1-3H3. The summed E-state index contributed by atoms with van der Waals surface area (Å²) in [5.41, 5.74) is 4.25. The molecule has 2 aromatic carbocycles. The average molecular weight is 361 g/mol. The van der Waals surface area contributed by atoms with Gasteiger partial charge in [0.15, 0.2) is 0 Å². The van der Waals surface area contributed by atoms with E-state index in [0.717, 1.165) is 35.1 Å². The number of carbonyl (C=O) groups excluding carboxylic acids is 1. The third kappa shape index (κ3) is 4.07. The van der Waals surface area contributed by atoms with Crippen LogP contribution < -0.4 is 9.47 Å². The largest absolute Gasteiger partial charge is 0.513 e. The Kier molecular flexibility index (Phi) is 5.19. The van der Waals surface area contributed by atoms with Crippen LogP contribution in [-0.4, -0.2) is 13.3 Å². The summed E-state index contributed by atoms with van der Waals surface area (Å²) in [6.45, 7) is 4.30. The van der Waals surface area contributed by atoms with Gasteiger partial charge in [-0.05, 0) is 67.5 Å². The van der Waals surface area contributed by atoms with E-state index in [1.165, 1.54) is 7.11 Å². The maximum absolute atomic E-state index is 11.5. The SMILES string of the molecule is COC(=O)Oc1cccc(C2CC2)c1COc1cc(C)c(C)cc1Cl. The molecule has 5 heteroatoms. The first-order chi connectivity index (χ1) is 12.0. The summed E-state index contributed by atoms with van der Waals surface area (Å²) in [5, 5.41) is 0.572. The second-order valence-corrected chi connectivity index (χ2v) is 6.72. The van der Waals surface area contributed by atoms with Crippen molar-refractivity contribution in [2.24, 2.45) is 0 Å². The lowest BCUT2D eigenvalue weighted by atomic mass is 10.0. The van der Waals surface area contributed by atoms with E-state index in [2.05, 4.69) is 10.8 Å². The first-order valence-electron chi connectivity index (χ1n) is 8.26. The molecule has 0 unspecified atom stereocenters. The number of rotatable bonds is 5. The van der Waals surface area contributed by atoms with Crippen molar-refractivity contribution in [1.29, 1.82) is 0 Å². The van der Waals surface area contributed by atoms with Crippen LogP contribution in [0, 0.1) is 13.8 Å². The number of ether oxygens (including phenoxy) is 3. The molecule has 1 aliphatic rings. The maximum atomic E-state index is 11.5. The van der Waals surface area contributed by atoms with Gasteiger partial charge in [-0.15, -0.1) is 0 Å². The minimum atomic E-state index is -0.738. The number of hydrogen-bond acceptors (Lipinski definition) is 4. The normalized spacial score (nSPS) is 13.4. The number of benzene rings is 2. The van der Waals surface area contributed by atoms with Gasteiger partial charge in [0.1, 0.15) is 18.1 Å². The number of aryl methyl sites for hydroxylation is 2. The van der Waals surface area contributed by atoms with E-state index >= 15 is 0 Å². The zero-order valence-corrected chi connectivity index (χ0v) is 15.4. The Morgan fingerprint density at radius 2 is 1.88 bits per heavy atom.